The molecule has 11 heavy (non-hydrogen) atoms. The Balaban J connectivity index is 2.94. The minimum Gasteiger partial charge on any atom is -0.284 e. The quantitative estimate of drug-likeness (QED) is 0.692. The van der Waals surface area contributed by atoms with E-state index in [0.717, 1.165) is 0 Å². The van der Waals surface area contributed by atoms with Gasteiger partial charge in [-0.25, -0.2) is 8.42 Å². The molecule has 1 N–H and O–H groups in total. The fraction of sp³-hybridized carbons (Fsp3) is 0. The van der Waals surface area contributed by atoms with E-state index in [9.17, 15) is 8.42 Å². The first-order valence-electron chi connectivity index (χ1n) is 2.86. The van der Waals surface area contributed by atoms with Gasteiger partial charge in [0.1, 0.15) is 0 Å². The zero-order chi connectivity index (χ0) is 8.27. The molecule has 0 bridgehead atoms. The first-order chi connectivity index (χ1) is 5.20. The molecule has 60 valence electrons. The predicted octanol–water partition coefficient (Wildman–Crippen LogP) is 1.28. The number of nitrogens with one attached hydrogen (secondary N) is 1. The molecule has 0 saturated carbocycles. The van der Waals surface area contributed by atoms with Crippen LogP contribution in [0.4, 0.5) is 5.69 Å². The van der Waals surface area contributed by atoms with Crippen molar-refractivity contribution in [2.45, 2.75) is 0 Å². The number of halogens is 1. The van der Waals surface area contributed by atoms with Crippen molar-refractivity contribution in [2.75, 3.05) is 4.72 Å². The molecule has 0 amide bonds. The van der Waals surface area contributed by atoms with Crippen molar-refractivity contribution in [3.63, 3.8) is 0 Å². The molecule has 3 nitrogen and oxygen atoms in total. The van der Waals surface area contributed by atoms with E-state index in [2.05, 4.69) is 4.72 Å². The van der Waals surface area contributed by atoms with E-state index in [1.54, 1.807) is 24.3 Å². The summed E-state index contributed by atoms with van der Waals surface area (Å²) in [5, 5.41) is 0.395. The molecular weight excluding hydrogens is 186 g/mol. The first kappa shape index (κ1) is 8.36. The second kappa shape index (κ2) is 3.59. The lowest BCUT2D eigenvalue weighted by Gasteiger charge is -1.99. The number of hydrogen-bond donors (Lipinski definition) is 2. The molecule has 1 rings (SSSR count). The fourth-order valence-electron chi connectivity index (χ4n) is 0.650. The highest BCUT2D eigenvalue weighted by Gasteiger charge is 1.95. The zero-order valence-electron chi connectivity index (χ0n) is 5.45. The lowest BCUT2D eigenvalue weighted by atomic mass is 10.3. The fourth-order valence-corrected chi connectivity index (χ4v) is 1.29. The van der Waals surface area contributed by atoms with Crippen molar-refractivity contribution >= 4 is 28.2 Å². The van der Waals surface area contributed by atoms with E-state index in [-0.39, 0.29) is 0 Å². The summed E-state index contributed by atoms with van der Waals surface area (Å²) < 4.78 is 22.6. The number of anilines is 1. The maximum absolute atomic E-state index is 10.2. The third kappa shape index (κ3) is 2.40. The normalized spacial score (nSPS) is 10.0. The van der Waals surface area contributed by atoms with Crippen LogP contribution in [-0.2, 0) is 10.9 Å². The van der Waals surface area contributed by atoms with Crippen molar-refractivity contribution in [2.24, 2.45) is 0 Å². The van der Waals surface area contributed by atoms with Crippen LogP contribution in [-0.4, -0.2) is 8.42 Å². The summed E-state index contributed by atoms with van der Waals surface area (Å²) in [6.45, 7) is 0. The summed E-state index contributed by atoms with van der Waals surface area (Å²) >= 11 is 5.64. The maximum Gasteiger partial charge on any atom is 0.222 e. The van der Waals surface area contributed by atoms with Crippen LogP contribution in [0.25, 0.3) is 0 Å². The molecule has 5 heteroatoms. The maximum atomic E-state index is 10.2. The molecule has 0 aliphatic rings. The highest BCUT2D eigenvalue weighted by molar-refractivity contribution is 7.73. The van der Waals surface area contributed by atoms with Crippen molar-refractivity contribution < 1.29 is 8.42 Å². The van der Waals surface area contributed by atoms with Crippen LogP contribution in [0.15, 0.2) is 24.3 Å². The molecule has 0 saturated heterocycles. The van der Waals surface area contributed by atoms with Crippen LogP contribution in [0.2, 0.25) is 5.02 Å². The van der Waals surface area contributed by atoms with Gasteiger partial charge in [-0.05, 0) is 12.1 Å². The van der Waals surface area contributed by atoms with Gasteiger partial charge in [-0.3, -0.25) is 4.72 Å². The topological polar surface area (TPSA) is 46.2 Å². The Labute approximate surface area is 71.1 Å². The Bertz CT molecular complexity index is 316. The number of benzene rings is 1. The van der Waals surface area contributed by atoms with Crippen LogP contribution in [0.5, 0.6) is 0 Å². The summed E-state index contributed by atoms with van der Waals surface area (Å²) in [5.74, 6) is 0. The zero-order valence-corrected chi connectivity index (χ0v) is 7.10. The van der Waals surface area contributed by atoms with E-state index in [0.29, 0.717) is 10.7 Å². The third-order valence-corrected chi connectivity index (χ3v) is 1.84. The molecule has 0 aliphatic carbocycles. The van der Waals surface area contributed by atoms with Crippen LogP contribution in [0, 0.1) is 0 Å². The second-order valence-corrected chi connectivity index (χ2v) is 2.99. The predicted molar refractivity (Wildman–Crippen MR) is 45.4 cm³/mol. The molecule has 0 heterocycles. The smallest absolute Gasteiger partial charge is 0.222 e. The Morgan fingerprint density at radius 1 is 1.27 bits per heavy atom. The molecule has 0 aromatic heterocycles. The lowest BCUT2D eigenvalue weighted by Crippen LogP contribution is -1.94. The standard InChI is InChI=1S/C6H6ClNO2S/c7-5-3-1-2-4-6(5)8-11(9)10/h1-4,11H,(H,8,9,10). The molecule has 1 aromatic carbocycles. The van der Waals surface area contributed by atoms with Gasteiger partial charge in [0.15, 0.2) is 0 Å². The Morgan fingerprint density at radius 3 is 2.45 bits per heavy atom. The minimum atomic E-state index is -2.63. The Morgan fingerprint density at radius 2 is 1.91 bits per heavy atom. The number of thiol groups is 1. The average Bonchev–Trinajstić information content (AvgIpc) is 1.93. The third-order valence-electron chi connectivity index (χ3n) is 1.09. The van der Waals surface area contributed by atoms with E-state index < -0.39 is 10.9 Å². The largest absolute Gasteiger partial charge is 0.284 e. The van der Waals surface area contributed by atoms with Gasteiger partial charge in [-0.2, -0.15) is 0 Å². The van der Waals surface area contributed by atoms with Crippen LogP contribution in [0.3, 0.4) is 0 Å². The molecule has 0 radical (unpaired) electrons. The lowest BCUT2D eigenvalue weighted by molar-refractivity contribution is 0.619. The van der Waals surface area contributed by atoms with Gasteiger partial charge in [0.05, 0.1) is 10.7 Å². The van der Waals surface area contributed by atoms with Gasteiger partial charge in [0.2, 0.25) is 10.9 Å². The molecule has 0 spiro atoms. The summed E-state index contributed by atoms with van der Waals surface area (Å²) in [5.41, 5.74) is 0.408. The second-order valence-electron chi connectivity index (χ2n) is 1.85. The molecule has 0 aliphatic heterocycles. The molecular formula is C6H6ClNO2S. The molecule has 0 atom stereocenters. The van der Waals surface area contributed by atoms with Crippen molar-refractivity contribution in [3.8, 4) is 0 Å². The van der Waals surface area contributed by atoms with Gasteiger partial charge < -0.3 is 0 Å². The average molecular weight is 192 g/mol. The number of hydrogen-bond acceptors (Lipinski definition) is 2. The number of para-hydroxylation sites is 1. The summed E-state index contributed by atoms with van der Waals surface area (Å²) in [6, 6.07) is 6.63. The highest BCUT2D eigenvalue weighted by atomic mass is 35.5. The van der Waals surface area contributed by atoms with E-state index in [1.807, 2.05) is 0 Å². The van der Waals surface area contributed by atoms with Crippen LogP contribution < -0.4 is 4.72 Å². The van der Waals surface area contributed by atoms with Crippen LogP contribution in [0.1, 0.15) is 0 Å². The Kier molecular flexibility index (Phi) is 2.73. The number of rotatable bonds is 2. The van der Waals surface area contributed by atoms with Gasteiger partial charge in [0, 0.05) is 0 Å². The summed E-state index contributed by atoms with van der Waals surface area (Å²) in [4.78, 5) is 0. The molecule has 1 aromatic rings. The van der Waals surface area contributed by atoms with Gasteiger partial charge in [-0.1, -0.05) is 23.7 Å². The van der Waals surface area contributed by atoms with E-state index >= 15 is 0 Å². The van der Waals surface area contributed by atoms with Crippen molar-refractivity contribution in [1.82, 2.24) is 0 Å². The van der Waals surface area contributed by atoms with Crippen LogP contribution >= 0.6 is 11.6 Å². The van der Waals surface area contributed by atoms with Crippen molar-refractivity contribution in [3.05, 3.63) is 29.3 Å². The summed E-state index contributed by atoms with van der Waals surface area (Å²) in [6.07, 6.45) is 0. The SMILES string of the molecule is O=[SH](=O)Nc1ccccc1Cl. The van der Waals surface area contributed by atoms with Gasteiger partial charge in [0.25, 0.3) is 0 Å². The minimum absolute atomic E-state index is 0.395. The first-order valence-corrected chi connectivity index (χ1v) is 4.41. The highest BCUT2D eigenvalue weighted by Crippen LogP contribution is 2.19. The van der Waals surface area contributed by atoms with Crippen molar-refractivity contribution in [1.29, 1.82) is 0 Å². The molecule has 0 fully saturated rings. The molecule has 0 unspecified atom stereocenters. The van der Waals surface area contributed by atoms with Gasteiger partial charge in [-0.15, -0.1) is 0 Å². The Hall–Kier alpha value is -0.740. The van der Waals surface area contributed by atoms with Gasteiger partial charge >= 0.3 is 0 Å². The summed E-state index contributed by atoms with van der Waals surface area (Å²) in [7, 11) is -2.63. The van der Waals surface area contributed by atoms with E-state index in [1.165, 1.54) is 0 Å². The van der Waals surface area contributed by atoms with E-state index in [4.69, 9.17) is 11.6 Å². The monoisotopic (exact) mass is 191 g/mol.